The summed E-state index contributed by atoms with van der Waals surface area (Å²) in [5.74, 6) is 0.360. The topological polar surface area (TPSA) is 97.8 Å². The van der Waals surface area contributed by atoms with Gasteiger partial charge in [-0.05, 0) is 25.3 Å². The molecule has 0 radical (unpaired) electrons. The quantitative estimate of drug-likeness (QED) is 0.825. The molecule has 0 unspecified atom stereocenters. The van der Waals surface area contributed by atoms with Crippen molar-refractivity contribution in [2.45, 2.75) is 36.3 Å². The van der Waals surface area contributed by atoms with Gasteiger partial charge in [-0.25, -0.2) is 18.1 Å². The predicted octanol–water partition coefficient (Wildman–Crippen LogP) is 0.298. The van der Waals surface area contributed by atoms with Gasteiger partial charge in [-0.15, -0.1) is 0 Å². The molecule has 8 heteroatoms. The molecule has 0 bridgehead atoms. The molecule has 1 aliphatic carbocycles. The summed E-state index contributed by atoms with van der Waals surface area (Å²) in [5.41, 5.74) is -0.398. The number of nitrogens with zero attached hydrogens (tertiary/aromatic N) is 1. The Hall–Kier alpha value is -1.22. The number of nitrogens with one attached hydrogen (secondary N) is 1. The highest BCUT2D eigenvalue weighted by molar-refractivity contribution is 7.89. The van der Waals surface area contributed by atoms with Crippen LogP contribution < -0.4 is 9.46 Å². The van der Waals surface area contributed by atoms with Crippen LogP contribution in [0.4, 0.5) is 0 Å². The monoisotopic (exact) mass is 328 g/mol. The molecule has 1 saturated heterocycles. The molecule has 2 aliphatic rings. The molecule has 1 aliphatic heterocycles. The molecule has 2 heterocycles. The number of aliphatic hydroxyl groups excluding tert-OH is 1. The number of ether oxygens (including phenoxy) is 2. The lowest BCUT2D eigenvalue weighted by atomic mass is 9.58. The largest absolute Gasteiger partial charge is 0.481 e. The van der Waals surface area contributed by atoms with Crippen molar-refractivity contribution in [1.29, 1.82) is 0 Å². The maximum atomic E-state index is 12.5. The Morgan fingerprint density at radius 3 is 2.68 bits per heavy atom. The molecular weight excluding hydrogens is 308 g/mol. The number of sulfonamides is 1. The first-order valence-electron chi connectivity index (χ1n) is 7.26. The highest BCUT2D eigenvalue weighted by Crippen LogP contribution is 2.49. The lowest BCUT2D eigenvalue weighted by Gasteiger charge is -2.55. The summed E-state index contributed by atoms with van der Waals surface area (Å²) in [6, 6.07) is 2.70. The standard InChI is InChI=1S/C14H20N2O5S/c1-20-13-3-2-10(9-15-13)22(18,19)16-11-8-12(17)14(11)4-6-21-7-5-14/h2-3,9,11-12,16-17H,4-8H2,1H3/t11-,12-/m1/s1. The minimum Gasteiger partial charge on any atom is -0.481 e. The minimum atomic E-state index is -3.66. The molecule has 3 rings (SSSR count). The zero-order valence-electron chi connectivity index (χ0n) is 12.4. The van der Waals surface area contributed by atoms with Gasteiger partial charge < -0.3 is 14.6 Å². The van der Waals surface area contributed by atoms with Gasteiger partial charge in [0, 0.05) is 30.7 Å². The third-order valence-corrected chi connectivity index (χ3v) is 6.22. The Kier molecular flexibility index (Phi) is 4.11. The SMILES string of the molecule is COc1ccc(S(=O)(=O)N[C@@H]2C[C@@H](O)C23CCOCC3)cn1. The zero-order chi connectivity index (χ0) is 15.8. The average molecular weight is 328 g/mol. The molecule has 0 amide bonds. The Balaban J connectivity index is 1.76. The van der Waals surface area contributed by atoms with Gasteiger partial charge in [0.15, 0.2) is 0 Å². The number of aliphatic hydroxyl groups is 1. The van der Waals surface area contributed by atoms with E-state index in [1.807, 2.05) is 0 Å². The van der Waals surface area contributed by atoms with Crippen molar-refractivity contribution in [2.75, 3.05) is 20.3 Å². The van der Waals surface area contributed by atoms with Gasteiger partial charge in [-0.2, -0.15) is 0 Å². The van der Waals surface area contributed by atoms with Crippen LogP contribution >= 0.6 is 0 Å². The average Bonchev–Trinajstić information content (AvgIpc) is 2.55. The Labute approximate surface area is 129 Å². The number of rotatable bonds is 4. The van der Waals surface area contributed by atoms with Crippen molar-refractivity contribution < 1.29 is 23.0 Å². The molecule has 2 atom stereocenters. The first-order valence-corrected chi connectivity index (χ1v) is 8.74. The van der Waals surface area contributed by atoms with Crippen molar-refractivity contribution in [3.8, 4) is 5.88 Å². The number of hydrogen-bond acceptors (Lipinski definition) is 6. The van der Waals surface area contributed by atoms with Crippen LogP contribution in [-0.2, 0) is 14.8 Å². The maximum Gasteiger partial charge on any atom is 0.242 e. The predicted molar refractivity (Wildman–Crippen MR) is 78.0 cm³/mol. The van der Waals surface area contributed by atoms with Crippen molar-refractivity contribution in [3.63, 3.8) is 0 Å². The van der Waals surface area contributed by atoms with Gasteiger partial charge >= 0.3 is 0 Å². The summed E-state index contributed by atoms with van der Waals surface area (Å²) in [4.78, 5) is 4.02. The second kappa shape index (κ2) is 5.77. The lowest BCUT2D eigenvalue weighted by molar-refractivity contribution is -0.143. The van der Waals surface area contributed by atoms with Gasteiger partial charge in [0.2, 0.25) is 15.9 Å². The fourth-order valence-electron chi connectivity index (χ4n) is 3.26. The van der Waals surface area contributed by atoms with Crippen LogP contribution in [0, 0.1) is 5.41 Å². The van der Waals surface area contributed by atoms with E-state index in [0.29, 0.717) is 38.4 Å². The highest BCUT2D eigenvalue weighted by atomic mass is 32.2. The van der Waals surface area contributed by atoms with E-state index in [1.54, 1.807) is 0 Å². The van der Waals surface area contributed by atoms with Crippen LogP contribution in [-0.4, -0.2) is 51.0 Å². The lowest BCUT2D eigenvalue weighted by Crippen LogP contribution is -2.65. The van der Waals surface area contributed by atoms with Crippen molar-refractivity contribution >= 4 is 10.0 Å². The molecule has 7 nitrogen and oxygen atoms in total. The molecule has 0 aromatic carbocycles. The second-order valence-corrected chi connectivity index (χ2v) is 7.52. The Bertz CT molecular complexity index is 625. The minimum absolute atomic E-state index is 0.0944. The number of pyridine rings is 1. The molecule has 2 fully saturated rings. The Morgan fingerprint density at radius 1 is 1.41 bits per heavy atom. The van der Waals surface area contributed by atoms with Gasteiger partial charge in [-0.1, -0.05) is 0 Å². The summed E-state index contributed by atoms with van der Waals surface area (Å²) in [5, 5.41) is 10.1. The summed E-state index contributed by atoms with van der Waals surface area (Å²) in [6.07, 6.45) is 2.57. The fraction of sp³-hybridized carbons (Fsp3) is 0.643. The van der Waals surface area contributed by atoms with E-state index >= 15 is 0 Å². The zero-order valence-corrected chi connectivity index (χ0v) is 13.2. The molecule has 122 valence electrons. The smallest absolute Gasteiger partial charge is 0.242 e. The van der Waals surface area contributed by atoms with E-state index in [9.17, 15) is 13.5 Å². The maximum absolute atomic E-state index is 12.5. The third-order valence-electron chi connectivity index (χ3n) is 4.77. The summed E-state index contributed by atoms with van der Waals surface area (Å²) in [6.45, 7) is 1.11. The summed E-state index contributed by atoms with van der Waals surface area (Å²) >= 11 is 0. The fourth-order valence-corrected chi connectivity index (χ4v) is 4.55. The van der Waals surface area contributed by atoms with Crippen LogP contribution in [0.1, 0.15) is 19.3 Å². The van der Waals surface area contributed by atoms with E-state index in [1.165, 1.54) is 25.4 Å². The summed E-state index contributed by atoms with van der Waals surface area (Å²) < 4.78 is 37.9. The van der Waals surface area contributed by atoms with Crippen LogP contribution in [0.15, 0.2) is 23.2 Å². The van der Waals surface area contributed by atoms with E-state index in [-0.39, 0.29) is 10.9 Å². The molecule has 1 saturated carbocycles. The molecule has 1 spiro atoms. The van der Waals surface area contributed by atoms with Crippen molar-refractivity contribution in [3.05, 3.63) is 18.3 Å². The summed E-state index contributed by atoms with van der Waals surface area (Å²) in [7, 11) is -2.19. The van der Waals surface area contributed by atoms with Crippen LogP contribution in [0.25, 0.3) is 0 Å². The molecule has 2 N–H and O–H groups in total. The molecule has 1 aromatic rings. The van der Waals surface area contributed by atoms with Gasteiger partial charge in [0.05, 0.1) is 19.4 Å². The van der Waals surface area contributed by atoms with Crippen LogP contribution in [0.2, 0.25) is 0 Å². The Morgan fingerprint density at radius 2 is 2.14 bits per heavy atom. The van der Waals surface area contributed by atoms with Gasteiger partial charge in [0.1, 0.15) is 4.90 Å². The van der Waals surface area contributed by atoms with E-state index < -0.39 is 21.5 Å². The molecular formula is C14H20N2O5S. The third kappa shape index (κ3) is 2.60. The second-order valence-electron chi connectivity index (χ2n) is 5.81. The highest BCUT2D eigenvalue weighted by Gasteiger charge is 2.55. The molecule has 22 heavy (non-hydrogen) atoms. The van der Waals surface area contributed by atoms with Crippen LogP contribution in [0.5, 0.6) is 5.88 Å². The number of methoxy groups -OCH3 is 1. The first kappa shape index (κ1) is 15.7. The van der Waals surface area contributed by atoms with E-state index in [2.05, 4.69) is 9.71 Å². The number of aromatic nitrogens is 1. The molecule has 1 aromatic heterocycles. The van der Waals surface area contributed by atoms with Crippen molar-refractivity contribution in [1.82, 2.24) is 9.71 Å². The normalized spacial score (nSPS) is 27.4. The van der Waals surface area contributed by atoms with Gasteiger partial charge in [-0.3, -0.25) is 0 Å². The first-order chi connectivity index (χ1) is 10.5. The van der Waals surface area contributed by atoms with Crippen molar-refractivity contribution in [2.24, 2.45) is 5.41 Å². The van der Waals surface area contributed by atoms with Gasteiger partial charge in [0.25, 0.3) is 0 Å². The van der Waals surface area contributed by atoms with Crippen LogP contribution in [0.3, 0.4) is 0 Å². The number of hydrogen-bond donors (Lipinski definition) is 2. The van der Waals surface area contributed by atoms with E-state index in [0.717, 1.165) is 0 Å². The van der Waals surface area contributed by atoms with E-state index in [4.69, 9.17) is 9.47 Å².